The van der Waals surface area contributed by atoms with Crippen molar-refractivity contribution in [3.8, 4) is 11.5 Å². The van der Waals surface area contributed by atoms with E-state index in [4.69, 9.17) is 9.47 Å². The van der Waals surface area contributed by atoms with Crippen molar-refractivity contribution in [2.75, 3.05) is 31.0 Å². The van der Waals surface area contributed by atoms with Crippen LogP contribution in [0, 0.1) is 10.1 Å². The van der Waals surface area contributed by atoms with Crippen LogP contribution >= 0.6 is 11.3 Å². The van der Waals surface area contributed by atoms with E-state index in [9.17, 15) is 19.7 Å². The summed E-state index contributed by atoms with van der Waals surface area (Å²) < 4.78 is 10.3. The Balaban J connectivity index is 1.59. The predicted octanol–water partition coefficient (Wildman–Crippen LogP) is 4.13. The van der Waals surface area contributed by atoms with Gasteiger partial charge in [-0.05, 0) is 41.6 Å². The molecule has 9 nitrogen and oxygen atoms in total. The van der Waals surface area contributed by atoms with Gasteiger partial charge in [0.05, 0.1) is 30.1 Å². The second-order valence-corrected chi connectivity index (χ2v) is 7.91. The number of amides is 2. The van der Waals surface area contributed by atoms with Crippen LogP contribution in [0.4, 0.5) is 17.1 Å². The molecular formula is C22H19N3O6S. The third-order valence-corrected chi connectivity index (χ3v) is 6.01. The molecular weight excluding hydrogens is 434 g/mol. The summed E-state index contributed by atoms with van der Waals surface area (Å²) in [4.78, 5) is 38.8. The largest absolute Gasteiger partial charge is 0.493 e. The highest BCUT2D eigenvalue weighted by molar-refractivity contribution is 7.12. The second-order valence-electron chi connectivity index (χ2n) is 6.96. The second kappa shape index (κ2) is 8.67. The third kappa shape index (κ3) is 3.87. The molecule has 0 bridgehead atoms. The summed E-state index contributed by atoms with van der Waals surface area (Å²) in [5, 5.41) is 16.0. The fourth-order valence-electron chi connectivity index (χ4n) is 3.62. The Hall–Kier alpha value is -3.92. The highest BCUT2D eigenvalue weighted by Gasteiger charge is 2.28. The van der Waals surface area contributed by atoms with Crippen molar-refractivity contribution < 1.29 is 24.0 Å². The molecule has 1 aliphatic rings. The van der Waals surface area contributed by atoms with Gasteiger partial charge in [0.25, 0.3) is 17.5 Å². The van der Waals surface area contributed by atoms with Gasteiger partial charge in [0, 0.05) is 24.0 Å². The molecule has 4 rings (SSSR count). The van der Waals surface area contributed by atoms with Crippen molar-refractivity contribution in [1.82, 2.24) is 0 Å². The number of nitrogens with zero attached hydrogens (tertiary/aromatic N) is 2. The zero-order chi connectivity index (χ0) is 22.8. The lowest BCUT2D eigenvalue weighted by atomic mass is 10.1. The number of rotatable bonds is 6. The molecule has 1 aromatic heterocycles. The number of carbonyl (C=O) groups is 2. The van der Waals surface area contributed by atoms with Crippen LogP contribution in [0.25, 0.3) is 0 Å². The van der Waals surface area contributed by atoms with Gasteiger partial charge < -0.3 is 19.7 Å². The smallest absolute Gasteiger partial charge is 0.286 e. The molecule has 0 fully saturated rings. The van der Waals surface area contributed by atoms with E-state index in [1.807, 2.05) is 11.4 Å². The van der Waals surface area contributed by atoms with Crippen LogP contribution in [0.2, 0.25) is 0 Å². The summed E-state index contributed by atoms with van der Waals surface area (Å²) in [5.74, 6) is -0.345. The first-order valence-electron chi connectivity index (χ1n) is 9.63. The lowest BCUT2D eigenvalue weighted by molar-refractivity contribution is -0.385. The van der Waals surface area contributed by atoms with Crippen LogP contribution in [0.15, 0.2) is 47.8 Å². The summed E-state index contributed by atoms with van der Waals surface area (Å²) in [6.45, 7) is 0.546. The van der Waals surface area contributed by atoms with Crippen molar-refractivity contribution in [1.29, 1.82) is 0 Å². The first kappa shape index (κ1) is 21.3. The van der Waals surface area contributed by atoms with Gasteiger partial charge >= 0.3 is 0 Å². The van der Waals surface area contributed by atoms with E-state index in [-0.39, 0.29) is 23.0 Å². The van der Waals surface area contributed by atoms with E-state index in [1.165, 1.54) is 31.6 Å². The van der Waals surface area contributed by atoms with E-state index in [1.54, 1.807) is 29.2 Å². The van der Waals surface area contributed by atoms with Crippen LogP contribution in [0.3, 0.4) is 0 Å². The minimum absolute atomic E-state index is 0.0588. The molecule has 0 unspecified atom stereocenters. The number of methoxy groups -OCH3 is 2. The van der Waals surface area contributed by atoms with Gasteiger partial charge in [0.2, 0.25) is 0 Å². The average molecular weight is 453 g/mol. The Morgan fingerprint density at radius 3 is 2.53 bits per heavy atom. The first-order valence-corrected chi connectivity index (χ1v) is 10.5. The molecule has 0 saturated heterocycles. The van der Waals surface area contributed by atoms with Crippen molar-refractivity contribution >= 4 is 40.2 Å². The maximum atomic E-state index is 12.9. The highest BCUT2D eigenvalue weighted by atomic mass is 32.1. The van der Waals surface area contributed by atoms with Crippen molar-refractivity contribution in [3.05, 3.63) is 74.0 Å². The van der Waals surface area contributed by atoms with Crippen LogP contribution in [-0.2, 0) is 6.42 Å². The average Bonchev–Trinajstić information content (AvgIpc) is 3.47. The molecule has 1 aliphatic heterocycles. The number of nitrogens with one attached hydrogen (secondary N) is 1. The highest BCUT2D eigenvalue weighted by Crippen LogP contribution is 2.36. The van der Waals surface area contributed by atoms with Crippen molar-refractivity contribution in [2.24, 2.45) is 0 Å². The molecule has 10 heteroatoms. The van der Waals surface area contributed by atoms with E-state index in [0.717, 1.165) is 17.3 Å². The summed E-state index contributed by atoms with van der Waals surface area (Å²) in [6, 6.07) is 11.3. The van der Waals surface area contributed by atoms with Gasteiger partial charge in [-0.15, -0.1) is 11.3 Å². The Morgan fingerprint density at radius 1 is 1.12 bits per heavy atom. The van der Waals surface area contributed by atoms with Crippen LogP contribution in [0.1, 0.15) is 25.6 Å². The fraction of sp³-hybridized carbons (Fsp3) is 0.182. The summed E-state index contributed by atoms with van der Waals surface area (Å²) in [5.41, 5.74) is 1.63. The fourth-order valence-corrected chi connectivity index (χ4v) is 4.30. The monoisotopic (exact) mass is 453 g/mol. The Labute approximate surface area is 187 Å². The molecule has 1 N–H and O–H groups in total. The molecule has 0 aliphatic carbocycles. The van der Waals surface area contributed by atoms with E-state index >= 15 is 0 Å². The molecule has 2 heterocycles. The Bertz CT molecular complexity index is 1210. The van der Waals surface area contributed by atoms with E-state index in [2.05, 4.69) is 5.32 Å². The molecule has 0 atom stereocenters. The quantitative estimate of drug-likeness (QED) is 0.444. The maximum absolute atomic E-state index is 12.9. The molecule has 32 heavy (non-hydrogen) atoms. The zero-order valence-electron chi connectivity index (χ0n) is 17.3. The van der Waals surface area contributed by atoms with Gasteiger partial charge in [-0.2, -0.15) is 0 Å². The minimum Gasteiger partial charge on any atom is -0.493 e. The zero-order valence-corrected chi connectivity index (χ0v) is 18.1. The first-order chi connectivity index (χ1) is 15.4. The standard InChI is InChI=1S/C22H19N3O6S/c1-30-18-11-15(17(25(28)29)12-19(18)31-2)21(26)23-14-5-6-16-13(10-14)7-8-24(16)22(27)20-4-3-9-32-20/h3-6,9-12H,7-8H2,1-2H3,(H,23,26). The predicted molar refractivity (Wildman–Crippen MR) is 120 cm³/mol. The number of ether oxygens (including phenoxy) is 2. The number of benzene rings is 2. The summed E-state index contributed by atoms with van der Waals surface area (Å²) in [7, 11) is 2.74. The van der Waals surface area contributed by atoms with Crippen molar-refractivity contribution in [2.45, 2.75) is 6.42 Å². The van der Waals surface area contributed by atoms with Crippen LogP contribution in [-0.4, -0.2) is 37.5 Å². The van der Waals surface area contributed by atoms with E-state index in [0.29, 0.717) is 23.5 Å². The number of hydrogen-bond acceptors (Lipinski definition) is 7. The van der Waals surface area contributed by atoms with Crippen molar-refractivity contribution in [3.63, 3.8) is 0 Å². The minimum atomic E-state index is -0.651. The molecule has 0 saturated carbocycles. The Morgan fingerprint density at radius 2 is 1.88 bits per heavy atom. The summed E-state index contributed by atoms with van der Waals surface area (Å²) in [6.07, 6.45) is 0.646. The lowest BCUT2D eigenvalue weighted by Gasteiger charge is -2.17. The topological polar surface area (TPSA) is 111 Å². The number of fused-ring (bicyclic) bond motifs is 1. The maximum Gasteiger partial charge on any atom is 0.286 e. The SMILES string of the molecule is COc1cc(C(=O)Nc2ccc3c(c2)CCN3C(=O)c2cccs2)c([N+](=O)[O-])cc1OC. The molecule has 2 aromatic carbocycles. The molecule has 0 radical (unpaired) electrons. The lowest BCUT2D eigenvalue weighted by Crippen LogP contribution is -2.28. The number of hydrogen-bond donors (Lipinski definition) is 1. The number of nitro groups is 1. The summed E-state index contributed by atoms with van der Waals surface area (Å²) >= 11 is 1.39. The molecule has 164 valence electrons. The van der Waals surface area contributed by atoms with Gasteiger partial charge in [-0.3, -0.25) is 19.7 Å². The number of anilines is 2. The van der Waals surface area contributed by atoms with Crippen LogP contribution < -0.4 is 19.7 Å². The van der Waals surface area contributed by atoms with Gasteiger partial charge in [0.1, 0.15) is 5.56 Å². The number of thiophene rings is 1. The van der Waals surface area contributed by atoms with Gasteiger partial charge in [0.15, 0.2) is 11.5 Å². The van der Waals surface area contributed by atoms with Gasteiger partial charge in [-0.1, -0.05) is 6.07 Å². The molecule has 3 aromatic rings. The molecule has 0 spiro atoms. The molecule has 2 amide bonds. The third-order valence-electron chi connectivity index (χ3n) is 5.15. The van der Waals surface area contributed by atoms with Crippen LogP contribution in [0.5, 0.6) is 11.5 Å². The van der Waals surface area contributed by atoms with E-state index < -0.39 is 16.5 Å². The van der Waals surface area contributed by atoms with Gasteiger partial charge in [-0.25, -0.2) is 0 Å². The number of carbonyl (C=O) groups excluding carboxylic acids is 2. The Kier molecular flexibility index (Phi) is 5.78. The normalized spacial score (nSPS) is 12.2. The number of nitro benzene ring substituents is 1.